The van der Waals surface area contributed by atoms with Crippen LogP contribution in [-0.2, 0) is 17.8 Å². The van der Waals surface area contributed by atoms with E-state index in [0.717, 1.165) is 22.5 Å². The Bertz CT molecular complexity index is 874. The lowest BCUT2D eigenvalue weighted by atomic mass is 9.96. The van der Waals surface area contributed by atoms with E-state index in [2.05, 4.69) is 15.4 Å². The molecule has 2 aromatic heterocycles. The summed E-state index contributed by atoms with van der Waals surface area (Å²) in [7, 11) is 0. The van der Waals surface area contributed by atoms with Gasteiger partial charge in [0.1, 0.15) is 5.75 Å². The minimum Gasteiger partial charge on any atom is -0.493 e. The van der Waals surface area contributed by atoms with E-state index >= 15 is 0 Å². The molecule has 0 bridgehead atoms. The van der Waals surface area contributed by atoms with Crippen molar-refractivity contribution in [3.63, 3.8) is 0 Å². The van der Waals surface area contributed by atoms with Crippen LogP contribution in [0.3, 0.4) is 0 Å². The van der Waals surface area contributed by atoms with E-state index in [1.54, 1.807) is 16.9 Å². The third-order valence-corrected chi connectivity index (χ3v) is 4.34. The molecule has 1 aromatic carbocycles. The second-order valence-electron chi connectivity index (χ2n) is 5.92. The lowest BCUT2D eigenvalue weighted by molar-refractivity contribution is -0.125. The fourth-order valence-electron chi connectivity index (χ4n) is 3.04. The predicted octanol–water partition coefficient (Wildman–Crippen LogP) is 1.99. The van der Waals surface area contributed by atoms with E-state index in [4.69, 9.17) is 4.74 Å². The molecule has 1 aliphatic heterocycles. The first-order chi connectivity index (χ1) is 11.8. The number of benzene rings is 1. The monoisotopic (exact) mass is 322 g/mol. The molecule has 0 radical (unpaired) electrons. The molecule has 1 N–H and O–H groups in total. The third kappa shape index (κ3) is 2.82. The fraction of sp³-hybridized carbons (Fsp3) is 0.278. The SMILES string of the molecule is O=C(NCc1cnn2cccnc12)C1CCOc2ccccc2C1. The molecule has 3 heterocycles. The van der Waals surface area contributed by atoms with E-state index in [1.807, 2.05) is 36.5 Å². The number of carbonyl (C=O) groups is 1. The molecule has 1 aliphatic rings. The van der Waals surface area contributed by atoms with Crippen molar-refractivity contribution in [1.29, 1.82) is 0 Å². The van der Waals surface area contributed by atoms with Crippen molar-refractivity contribution in [1.82, 2.24) is 19.9 Å². The quantitative estimate of drug-likeness (QED) is 0.801. The Kier molecular flexibility index (Phi) is 3.86. The topological polar surface area (TPSA) is 68.5 Å². The van der Waals surface area contributed by atoms with Crippen LogP contribution in [0.4, 0.5) is 0 Å². The first-order valence-corrected chi connectivity index (χ1v) is 8.07. The van der Waals surface area contributed by atoms with E-state index in [1.165, 1.54) is 0 Å². The number of para-hydroxylation sites is 1. The van der Waals surface area contributed by atoms with Crippen LogP contribution in [0.15, 0.2) is 48.9 Å². The molecule has 1 atom stereocenters. The van der Waals surface area contributed by atoms with Gasteiger partial charge in [0.05, 0.1) is 12.8 Å². The van der Waals surface area contributed by atoms with Gasteiger partial charge in [-0.2, -0.15) is 5.10 Å². The molecule has 6 heteroatoms. The van der Waals surface area contributed by atoms with Crippen molar-refractivity contribution in [2.45, 2.75) is 19.4 Å². The minimum absolute atomic E-state index is 0.0468. The highest BCUT2D eigenvalue weighted by atomic mass is 16.5. The van der Waals surface area contributed by atoms with Crippen molar-refractivity contribution < 1.29 is 9.53 Å². The summed E-state index contributed by atoms with van der Waals surface area (Å²) in [4.78, 5) is 16.9. The summed E-state index contributed by atoms with van der Waals surface area (Å²) in [5.74, 6) is 0.855. The van der Waals surface area contributed by atoms with Gasteiger partial charge in [-0.25, -0.2) is 9.50 Å². The van der Waals surface area contributed by atoms with Crippen molar-refractivity contribution in [3.8, 4) is 5.75 Å². The summed E-state index contributed by atoms with van der Waals surface area (Å²) in [5, 5.41) is 7.25. The van der Waals surface area contributed by atoms with Crippen molar-refractivity contribution in [2.24, 2.45) is 5.92 Å². The molecule has 6 nitrogen and oxygen atoms in total. The van der Waals surface area contributed by atoms with Crippen LogP contribution in [0.1, 0.15) is 17.5 Å². The molecule has 1 unspecified atom stereocenters. The lowest BCUT2D eigenvalue weighted by Crippen LogP contribution is -2.31. The van der Waals surface area contributed by atoms with E-state index in [9.17, 15) is 4.79 Å². The highest BCUT2D eigenvalue weighted by molar-refractivity contribution is 5.79. The second kappa shape index (κ2) is 6.31. The van der Waals surface area contributed by atoms with Gasteiger partial charge >= 0.3 is 0 Å². The molecule has 0 saturated heterocycles. The highest BCUT2D eigenvalue weighted by Gasteiger charge is 2.23. The van der Waals surface area contributed by atoms with Crippen LogP contribution in [0.5, 0.6) is 5.75 Å². The molecule has 4 rings (SSSR count). The Balaban J connectivity index is 1.45. The standard InChI is InChI=1S/C18H18N4O2/c23-18(14-6-9-24-16-5-2-1-4-13(16)10-14)20-11-15-12-21-22-8-3-7-19-17(15)22/h1-5,7-8,12,14H,6,9-11H2,(H,20,23). The molecular formula is C18H18N4O2. The van der Waals surface area contributed by atoms with Gasteiger partial charge in [-0.05, 0) is 30.5 Å². The number of carbonyl (C=O) groups excluding carboxylic acids is 1. The Morgan fingerprint density at radius 3 is 3.21 bits per heavy atom. The Hall–Kier alpha value is -2.89. The number of nitrogens with zero attached hydrogens (tertiary/aromatic N) is 3. The van der Waals surface area contributed by atoms with Gasteiger partial charge in [-0.1, -0.05) is 18.2 Å². The van der Waals surface area contributed by atoms with E-state index < -0.39 is 0 Å². The average molecular weight is 322 g/mol. The maximum absolute atomic E-state index is 12.6. The lowest BCUT2D eigenvalue weighted by Gasteiger charge is -2.13. The zero-order chi connectivity index (χ0) is 16.4. The number of hydrogen-bond acceptors (Lipinski definition) is 4. The Morgan fingerprint density at radius 2 is 2.25 bits per heavy atom. The molecule has 24 heavy (non-hydrogen) atoms. The van der Waals surface area contributed by atoms with Gasteiger partial charge < -0.3 is 10.1 Å². The van der Waals surface area contributed by atoms with Gasteiger partial charge in [0.15, 0.2) is 5.65 Å². The van der Waals surface area contributed by atoms with Crippen LogP contribution < -0.4 is 10.1 Å². The van der Waals surface area contributed by atoms with Crippen LogP contribution in [0, 0.1) is 5.92 Å². The number of rotatable bonds is 3. The summed E-state index contributed by atoms with van der Waals surface area (Å²) in [5.41, 5.74) is 2.77. The van der Waals surface area contributed by atoms with E-state index in [-0.39, 0.29) is 11.8 Å². The zero-order valence-electron chi connectivity index (χ0n) is 13.2. The van der Waals surface area contributed by atoms with E-state index in [0.29, 0.717) is 26.0 Å². The van der Waals surface area contributed by atoms with Gasteiger partial charge in [0.2, 0.25) is 5.91 Å². The Labute approximate surface area is 139 Å². The zero-order valence-corrected chi connectivity index (χ0v) is 13.2. The highest BCUT2D eigenvalue weighted by Crippen LogP contribution is 2.26. The number of nitrogens with one attached hydrogen (secondary N) is 1. The number of ether oxygens (including phenoxy) is 1. The van der Waals surface area contributed by atoms with Gasteiger partial charge in [0, 0.05) is 30.4 Å². The maximum Gasteiger partial charge on any atom is 0.223 e. The summed E-state index contributed by atoms with van der Waals surface area (Å²) in [6, 6.07) is 9.74. The molecule has 0 fully saturated rings. The van der Waals surface area contributed by atoms with Crippen molar-refractivity contribution in [2.75, 3.05) is 6.61 Å². The molecular weight excluding hydrogens is 304 g/mol. The van der Waals surface area contributed by atoms with Crippen LogP contribution in [-0.4, -0.2) is 27.1 Å². The first kappa shape index (κ1) is 14.7. The second-order valence-corrected chi connectivity index (χ2v) is 5.92. The van der Waals surface area contributed by atoms with Crippen LogP contribution >= 0.6 is 0 Å². The Morgan fingerprint density at radius 1 is 1.33 bits per heavy atom. The third-order valence-electron chi connectivity index (χ3n) is 4.34. The molecule has 0 aliphatic carbocycles. The summed E-state index contributed by atoms with van der Waals surface area (Å²) in [6.45, 7) is 0.992. The normalized spacial score (nSPS) is 16.9. The minimum atomic E-state index is -0.0801. The maximum atomic E-state index is 12.6. The van der Waals surface area contributed by atoms with Crippen LogP contribution in [0.25, 0.3) is 5.65 Å². The number of aromatic nitrogens is 3. The summed E-state index contributed by atoms with van der Waals surface area (Å²) < 4.78 is 7.44. The molecule has 122 valence electrons. The van der Waals surface area contributed by atoms with Gasteiger partial charge in [-0.3, -0.25) is 4.79 Å². The number of amides is 1. The fourth-order valence-corrected chi connectivity index (χ4v) is 3.04. The van der Waals surface area contributed by atoms with Crippen molar-refractivity contribution >= 4 is 11.6 Å². The summed E-state index contributed by atoms with van der Waals surface area (Å²) >= 11 is 0. The average Bonchev–Trinajstić information content (AvgIpc) is 2.90. The summed E-state index contributed by atoms with van der Waals surface area (Å²) in [6.07, 6.45) is 6.73. The largest absolute Gasteiger partial charge is 0.493 e. The number of fused-ring (bicyclic) bond motifs is 2. The molecule has 0 saturated carbocycles. The smallest absolute Gasteiger partial charge is 0.223 e. The van der Waals surface area contributed by atoms with Gasteiger partial charge in [0.25, 0.3) is 0 Å². The molecule has 1 amide bonds. The molecule has 0 spiro atoms. The number of hydrogen-bond donors (Lipinski definition) is 1. The molecule has 3 aromatic rings. The van der Waals surface area contributed by atoms with Gasteiger partial charge in [-0.15, -0.1) is 0 Å². The van der Waals surface area contributed by atoms with Crippen LogP contribution in [0.2, 0.25) is 0 Å². The van der Waals surface area contributed by atoms with Crippen molar-refractivity contribution in [3.05, 3.63) is 60.0 Å². The first-order valence-electron chi connectivity index (χ1n) is 8.07. The predicted molar refractivity (Wildman–Crippen MR) is 88.6 cm³/mol.